The number of likely N-dealkylation sites (tertiary alicyclic amines) is 1. The predicted molar refractivity (Wildman–Crippen MR) is 58.8 cm³/mol. The highest BCUT2D eigenvalue weighted by atomic mass is 16.2. The lowest BCUT2D eigenvalue weighted by molar-refractivity contribution is -0.123. The van der Waals surface area contributed by atoms with Crippen molar-refractivity contribution in [3.63, 3.8) is 0 Å². The Hall–Kier alpha value is -1.31. The van der Waals surface area contributed by atoms with E-state index in [4.69, 9.17) is 0 Å². The van der Waals surface area contributed by atoms with Crippen molar-refractivity contribution >= 4 is 5.91 Å². The van der Waals surface area contributed by atoms with Gasteiger partial charge in [-0.1, -0.05) is 33.1 Å². The van der Waals surface area contributed by atoms with Gasteiger partial charge in [0, 0.05) is 19.2 Å². The highest BCUT2D eigenvalue weighted by Gasteiger charge is 2.28. The van der Waals surface area contributed by atoms with Crippen molar-refractivity contribution in [2.75, 3.05) is 13.6 Å². The molecule has 0 N–H and O–H groups in total. The van der Waals surface area contributed by atoms with Crippen LogP contribution in [0.25, 0.3) is 0 Å². The van der Waals surface area contributed by atoms with Gasteiger partial charge in [-0.15, -0.1) is 0 Å². The lowest BCUT2D eigenvalue weighted by atomic mass is 9.94. The number of carbonyl (C=O) groups is 1. The van der Waals surface area contributed by atoms with Crippen LogP contribution in [0.3, 0.4) is 0 Å². The molecular formula is C12H17NO. The molecule has 0 aromatic heterocycles. The van der Waals surface area contributed by atoms with E-state index >= 15 is 0 Å². The summed E-state index contributed by atoms with van der Waals surface area (Å²) in [5.74, 6) is 0.383. The molecule has 1 saturated heterocycles. The molecule has 1 rings (SSSR count). The smallest absolute Gasteiger partial charge is 0.254 e. The monoisotopic (exact) mass is 191 g/mol. The Labute approximate surface area is 85.6 Å². The second-order valence-corrected chi connectivity index (χ2v) is 3.95. The van der Waals surface area contributed by atoms with Gasteiger partial charge in [0.25, 0.3) is 5.91 Å². The molecule has 2 heteroatoms. The SMILES string of the molecule is C=C/C(=C1\C(=C)CN(C)C1=O)C(C)C. The largest absolute Gasteiger partial charge is 0.337 e. The minimum absolute atomic E-state index is 0.0681. The normalized spacial score (nSPS) is 20.7. The average Bonchev–Trinajstić information content (AvgIpc) is 2.32. The number of allylic oxidation sites excluding steroid dienone is 2. The van der Waals surface area contributed by atoms with Crippen LogP contribution in [0.15, 0.2) is 36.0 Å². The molecule has 2 nitrogen and oxygen atoms in total. The van der Waals surface area contributed by atoms with Crippen LogP contribution in [-0.2, 0) is 4.79 Å². The zero-order chi connectivity index (χ0) is 10.9. The van der Waals surface area contributed by atoms with Gasteiger partial charge >= 0.3 is 0 Å². The van der Waals surface area contributed by atoms with Crippen molar-refractivity contribution in [1.82, 2.24) is 4.90 Å². The fraction of sp³-hybridized carbons (Fsp3) is 0.417. The standard InChI is InChI=1S/C12H17NO/c1-6-10(8(2)3)11-9(4)7-13(5)12(11)14/h6,8H,1,4,7H2,2-3,5H3/b11-10-. The van der Waals surface area contributed by atoms with E-state index in [1.807, 2.05) is 0 Å². The quantitative estimate of drug-likeness (QED) is 0.612. The van der Waals surface area contributed by atoms with Gasteiger partial charge in [0.05, 0.1) is 0 Å². The molecule has 0 unspecified atom stereocenters. The molecule has 0 aromatic rings. The maximum atomic E-state index is 11.8. The second kappa shape index (κ2) is 3.82. The zero-order valence-electron chi connectivity index (χ0n) is 9.13. The van der Waals surface area contributed by atoms with E-state index in [2.05, 4.69) is 27.0 Å². The first-order valence-electron chi connectivity index (χ1n) is 4.79. The summed E-state index contributed by atoms with van der Waals surface area (Å²) in [7, 11) is 1.79. The fourth-order valence-corrected chi connectivity index (χ4v) is 1.73. The summed E-state index contributed by atoms with van der Waals surface area (Å²) in [5, 5.41) is 0. The third-order valence-corrected chi connectivity index (χ3v) is 2.47. The second-order valence-electron chi connectivity index (χ2n) is 3.95. The van der Waals surface area contributed by atoms with Crippen LogP contribution in [-0.4, -0.2) is 24.4 Å². The van der Waals surface area contributed by atoms with Gasteiger partial charge in [0.15, 0.2) is 0 Å². The number of hydrogen-bond donors (Lipinski definition) is 0. The first-order valence-corrected chi connectivity index (χ1v) is 4.79. The summed E-state index contributed by atoms with van der Waals surface area (Å²) in [6.07, 6.45) is 1.77. The van der Waals surface area contributed by atoms with Crippen molar-refractivity contribution in [1.29, 1.82) is 0 Å². The van der Waals surface area contributed by atoms with Crippen LogP contribution in [0.4, 0.5) is 0 Å². The molecule has 76 valence electrons. The highest BCUT2D eigenvalue weighted by molar-refractivity contribution is 6.02. The summed E-state index contributed by atoms with van der Waals surface area (Å²) < 4.78 is 0. The van der Waals surface area contributed by atoms with Gasteiger partial charge in [-0.25, -0.2) is 0 Å². The topological polar surface area (TPSA) is 20.3 Å². The molecule has 0 saturated carbocycles. The maximum Gasteiger partial charge on any atom is 0.254 e. The lowest BCUT2D eigenvalue weighted by Gasteiger charge is -2.10. The van der Waals surface area contributed by atoms with Crippen molar-refractivity contribution in [2.24, 2.45) is 5.92 Å². The van der Waals surface area contributed by atoms with Gasteiger partial charge < -0.3 is 4.90 Å². The molecule has 0 radical (unpaired) electrons. The van der Waals surface area contributed by atoms with Gasteiger partial charge in [0.1, 0.15) is 0 Å². The van der Waals surface area contributed by atoms with Crippen molar-refractivity contribution in [2.45, 2.75) is 13.8 Å². The molecule has 1 aliphatic heterocycles. The molecule has 0 aromatic carbocycles. The lowest BCUT2D eigenvalue weighted by Crippen LogP contribution is -2.19. The average molecular weight is 191 g/mol. The zero-order valence-corrected chi connectivity index (χ0v) is 9.13. The van der Waals surface area contributed by atoms with E-state index in [-0.39, 0.29) is 5.91 Å². The summed E-state index contributed by atoms with van der Waals surface area (Å²) in [6, 6.07) is 0. The van der Waals surface area contributed by atoms with Gasteiger partial charge in [-0.05, 0) is 17.1 Å². The van der Waals surface area contributed by atoms with Crippen LogP contribution in [0, 0.1) is 5.92 Å². The van der Waals surface area contributed by atoms with Gasteiger partial charge in [-0.2, -0.15) is 0 Å². The van der Waals surface area contributed by atoms with E-state index in [1.165, 1.54) is 0 Å². The summed E-state index contributed by atoms with van der Waals surface area (Å²) >= 11 is 0. The van der Waals surface area contributed by atoms with Crippen LogP contribution in [0.1, 0.15) is 13.8 Å². The summed E-state index contributed by atoms with van der Waals surface area (Å²) in [4.78, 5) is 13.5. The van der Waals surface area contributed by atoms with Crippen LogP contribution in [0.2, 0.25) is 0 Å². The molecule has 0 bridgehead atoms. The minimum Gasteiger partial charge on any atom is -0.337 e. The molecule has 1 aliphatic rings. The van der Waals surface area contributed by atoms with Crippen LogP contribution < -0.4 is 0 Å². The van der Waals surface area contributed by atoms with Gasteiger partial charge in [0.2, 0.25) is 0 Å². The Balaban J connectivity index is 3.23. The van der Waals surface area contributed by atoms with E-state index in [1.54, 1.807) is 18.0 Å². The predicted octanol–water partition coefficient (Wildman–Crippen LogP) is 2.15. The van der Waals surface area contributed by atoms with Crippen molar-refractivity contribution in [3.8, 4) is 0 Å². The molecule has 14 heavy (non-hydrogen) atoms. The molecule has 0 atom stereocenters. The number of likely N-dealkylation sites (N-methyl/N-ethyl adjacent to an activating group) is 1. The summed E-state index contributed by atoms with van der Waals surface area (Å²) in [5.41, 5.74) is 2.67. The Morgan fingerprint density at radius 3 is 2.43 bits per heavy atom. The van der Waals surface area contributed by atoms with E-state index < -0.39 is 0 Å². The molecule has 0 spiro atoms. The van der Waals surface area contributed by atoms with Crippen molar-refractivity contribution in [3.05, 3.63) is 36.0 Å². The number of amides is 1. The molecule has 1 amide bonds. The Morgan fingerprint density at radius 2 is 2.14 bits per heavy atom. The highest BCUT2D eigenvalue weighted by Crippen LogP contribution is 2.28. The number of rotatable bonds is 2. The minimum atomic E-state index is 0.0681. The Kier molecular flexibility index (Phi) is 2.94. The Bertz CT molecular complexity index is 323. The maximum absolute atomic E-state index is 11.8. The van der Waals surface area contributed by atoms with Crippen LogP contribution in [0.5, 0.6) is 0 Å². The van der Waals surface area contributed by atoms with E-state index in [0.717, 1.165) is 16.7 Å². The number of nitrogens with zero attached hydrogens (tertiary/aromatic N) is 1. The number of hydrogen-bond acceptors (Lipinski definition) is 1. The molecule has 1 fully saturated rings. The van der Waals surface area contributed by atoms with E-state index in [0.29, 0.717) is 12.5 Å². The van der Waals surface area contributed by atoms with Gasteiger partial charge in [-0.3, -0.25) is 4.79 Å². The third-order valence-electron chi connectivity index (χ3n) is 2.47. The summed E-state index contributed by atoms with van der Waals surface area (Å²) in [6.45, 7) is 12.4. The first kappa shape index (κ1) is 10.8. The van der Waals surface area contributed by atoms with Crippen LogP contribution >= 0.6 is 0 Å². The first-order chi connectivity index (χ1) is 6.49. The number of carbonyl (C=O) groups excluding carboxylic acids is 1. The molecule has 1 heterocycles. The Morgan fingerprint density at radius 1 is 1.57 bits per heavy atom. The molecule has 0 aliphatic carbocycles. The van der Waals surface area contributed by atoms with Crippen molar-refractivity contribution < 1.29 is 4.79 Å². The fourth-order valence-electron chi connectivity index (χ4n) is 1.73. The third kappa shape index (κ3) is 1.65. The van der Waals surface area contributed by atoms with E-state index in [9.17, 15) is 4.79 Å². The molecular weight excluding hydrogens is 174 g/mol.